The zero-order chi connectivity index (χ0) is 22.1. The monoisotopic (exact) mass is 420 g/mol. The van der Waals surface area contributed by atoms with Crippen molar-refractivity contribution in [1.29, 1.82) is 0 Å². The van der Waals surface area contributed by atoms with Crippen LogP contribution in [-0.2, 0) is 20.7 Å². The van der Waals surface area contributed by atoms with Crippen LogP contribution in [0.2, 0.25) is 0 Å². The van der Waals surface area contributed by atoms with Crippen molar-refractivity contribution < 1.29 is 9.47 Å². The molecule has 1 N–H and O–H groups in total. The third-order valence-electron chi connectivity index (χ3n) is 5.01. The van der Waals surface area contributed by atoms with E-state index in [0.717, 1.165) is 10.1 Å². The maximum Gasteiger partial charge on any atom is 0.347 e. The fourth-order valence-electron chi connectivity index (χ4n) is 3.37. The summed E-state index contributed by atoms with van der Waals surface area (Å²) < 4.78 is 13.5. The molecule has 0 radical (unpaired) electrons. The molecule has 0 aliphatic heterocycles. The number of aromatic nitrogens is 4. The number of methoxy groups -OCH3 is 1. The van der Waals surface area contributed by atoms with Gasteiger partial charge in [-0.25, -0.2) is 9.59 Å². The average Bonchev–Trinajstić information content (AvgIpc) is 2.80. The van der Waals surface area contributed by atoms with Crippen molar-refractivity contribution in [1.82, 2.24) is 19.1 Å². The Balaban J connectivity index is 1.84. The molecule has 2 aromatic carbocycles. The predicted molar refractivity (Wildman–Crippen MR) is 116 cm³/mol. The zero-order valence-electron chi connectivity index (χ0n) is 17.2. The van der Waals surface area contributed by atoms with Gasteiger partial charge < -0.3 is 14.5 Å². The Bertz CT molecular complexity index is 1450. The van der Waals surface area contributed by atoms with E-state index in [1.165, 1.54) is 25.8 Å². The van der Waals surface area contributed by atoms with Crippen LogP contribution in [0.1, 0.15) is 5.56 Å². The molecule has 0 fully saturated rings. The summed E-state index contributed by atoms with van der Waals surface area (Å²) in [5, 5.41) is 0.129. The van der Waals surface area contributed by atoms with Crippen molar-refractivity contribution in [2.75, 3.05) is 7.11 Å². The van der Waals surface area contributed by atoms with Crippen LogP contribution in [0.15, 0.2) is 62.9 Å². The molecule has 0 atom stereocenters. The Morgan fingerprint density at radius 1 is 0.968 bits per heavy atom. The molecule has 2 aromatic heterocycles. The topological polar surface area (TPSA) is 108 Å². The second-order valence-electron chi connectivity index (χ2n) is 6.96. The van der Waals surface area contributed by atoms with Crippen LogP contribution in [0.4, 0.5) is 0 Å². The first-order valence-corrected chi connectivity index (χ1v) is 9.46. The predicted octanol–water partition coefficient (Wildman–Crippen LogP) is 1.58. The molecule has 9 heteroatoms. The van der Waals surface area contributed by atoms with E-state index in [2.05, 4.69) is 9.97 Å². The molecule has 0 bridgehead atoms. The second kappa shape index (κ2) is 7.94. The zero-order valence-corrected chi connectivity index (χ0v) is 17.2. The van der Waals surface area contributed by atoms with Gasteiger partial charge in [-0.05, 0) is 23.8 Å². The van der Waals surface area contributed by atoms with Gasteiger partial charge in [0.05, 0.1) is 12.8 Å². The molecule has 9 nitrogen and oxygen atoms in total. The number of benzene rings is 2. The Morgan fingerprint density at radius 3 is 2.42 bits per heavy atom. The number of hydrogen-bond donors (Lipinski definition) is 1. The van der Waals surface area contributed by atoms with E-state index in [1.54, 1.807) is 18.2 Å². The molecule has 2 heterocycles. The van der Waals surface area contributed by atoms with E-state index in [1.807, 2.05) is 30.3 Å². The van der Waals surface area contributed by atoms with E-state index in [0.29, 0.717) is 23.7 Å². The van der Waals surface area contributed by atoms with Gasteiger partial charge in [-0.1, -0.05) is 30.3 Å². The minimum Gasteiger partial charge on any atom is -0.493 e. The van der Waals surface area contributed by atoms with E-state index < -0.39 is 16.9 Å². The number of ether oxygens (including phenoxy) is 2. The maximum absolute atomic E-state index is 12.8. The van der Waals surface area contributed by atoms with Gasteiger partial charge in [0.2, 0.25) is 0 Å². The fourth-order valence-corrected chi connectivity index (χ4v) is 3.37. The maximum atomic E-state index is 12.8. The third kappa shape index (κ3) is 3.61. The average molecular weight is 420 g/mol. The van der Waals surface area contributed by atoms with Gasteiger partial charge in [0.1, 0.15) is 12.0 Å². The molecule has 0 aliphatic carbocycles. The van der Waals surface area contributed by atoms with Crippen molar-refractivity contribution in [2.45, 2.75) is 6.61 Å². The van der Waals surface area contributed by atoms with Crippen molar-refractivity contribution in [3.63, 3.8) is 0 Å². The summed E-state index contributed by atoms with van der Waals surface area (Å²) >= 11 is 0. The largest absolute Gasteiger partial charge is 0.493 e. The lowest BCUT2D eigenvalue weighted by molar-refractivity contribution is 0.284. The highest BCUT2D eigenvalue weighted by atomic mass is 16.5. The normalized spacial score (nSPS) is 10.9. The van der Waals surface area contributed by atoms with E-state index >= 15 is 0 Å². The number of H-pyrrole nitrogens is 1. The Hall–Kier alpha value is -4.14. The lowest BCUT2D eigenvalue weighted by Gasteiger charge is -2.14. The SMILES string of the molecule is COc1cc(-c2[nH]c(=O)nc3c2c(=O)n(C)c(=O)n3C)ccc1OCc1ccccc1. The first-order chi connectivity index (χ1) is 14.9. The van der Waals surface area contributed by atoms with Crippen LogP contribution < -0.4 is 26.4 Å². The van der Waals surface area contributed by atoms with Crippen LogP contribution in [0.5, 0.6) is 11.5 Å². The first-order valence-electron chi connectivity index (χ1n) is 9.46. The summed E-state index contributed by atoms with van der Waals surface area (Å²) in [6.07, 6.45) is 0. The lowest BCUT2D eigenvalue weighted by Crippen LogP contribution is -2.38. The van der Waals surface area contributed by atoms with Gasteiger partial charge in [-0.15, -0.1) is 0 Å². The van der Waals surface area contributed by atoms with Gasteiger partial charge in [-0.3, -0.25) is 13.9 Å². The Kier molecular flexibility index (Phi) is 5.16. The highest BCUT2D eigenvalue weighted by Gasteiger charge is 2.18. The van der Waals surface area contributed by atoms with E-state index in [4.69, 9.17) is 9.47 Å². The van der Waals surface area contributed by atoms with Crippen molar-refractivity contribution in [3.05, 3.63) is 85.4 Å². The summed E-state index contributed by atoms with van der Waals surface area (Å²) in [7, 11) is 4.34. The number of hydrogen-bond acceptors (Lipinski definition) is 6. The quantitative estimate of drug-likeness (QED) is 0.525. The molecule has 4 rings (SSSR count). The van der Waals surface area contributed by atoms with Gasteiger partial charge in [0.15, 0.2) is 17.1 Å². The summed E-state index contributed by atoms with van der Waals surface area (Å²) in [5.74, 6) is 0.942. The molecule has 0 aliphatic rings. The molecule has 0 saturated heterocycles. The highest BCUT2D eigenvalue weighted by molar-refractivity contribution is 5.89. The van der Waals surface area contributed by atoms with Gasteiger partial charge in [0.25, 0.3) is 5.56 Å². The molecule has 0 spiro atoms. The number of aromatic amines is 1. The number of nitrogens with one attached hydrogen (secondary N) is 1. The minimum atomic E-state index is -0.672. The Morgan fingerprint density at radius 2 is 1.71 bits per heavy atom. The number of nitrogens with zero attached hydrogens (tertiary/aromatic N) is 3. The summed E-state index contributed by atoms with van der Waals surface area (Å²) in [5.41, 5.74) is -0.0147. The molecule has 0 saturated carbocycles. The first kappa shape index (κ1) is 20.1. The van der Waals surface area contributed by atoms with Crippen LogP contribution >= 0.6 is 0 Å². The van der Waals surface area contributed by atoms with E-state index in [9.17, 15) is 14.4 Å². The summed E-state index contributed by atoms with van der Waals surface area (Å²) in [6, 6.07) is 14.8. The third-order valence-corrected chi connectivity index (χ3v) is 5.01. The highest BCUT2D eigenvalue weighted by Crippen LogP contribution is 2.33. The van der Waals surface area contributed by atoms with Crippen LogP contribution in [-0.4, -0.2) is 26.2 Å². The smallest absolute Gasteiger partial charge is 0.347 e. The second-order valence-corrected chi connectivity index (χ2v) is 6.96. The summed E-state index contributed by atoms with van der Waals surface area (Å²) in [6.45, 7) is 0.355. The summed E-state index contributed by atoms with van der Waals surface area (Å²) in [4.78, 5) is 43.7. The van der Waals surface area contributed by atoms with Gasteiger partial charge in [0, 0.05) is 19.7 Å². The van der Waals surface area contributed by atoms with Crippen LogP contribution in [0, 0.1) is 0 Å². The minimum absolute atomic E-state index is 0.00946. The van der Waals surface area contributed by atoms with Gasteiger partial charge >= 0.3 is 11.4 Å². The number of rotatable bonds is 5. The standard InChI is InChI=1S/C22H20N4O5/c1-25-19-17(20(27)26(2)22(25)29)18(23-21(28)24-19)14-9-10-15(16(11-14)30-3)31-12-13-7-5-4-6-8-13/h4-11H,12H2,1-3H3,(H,23,24,28). The number of fused-ring (bicyclic) bond motifs is 1. The van der Waals surface area contributed by atoms with Crippen LogP contribution in [0.25, 0.3) is 22.3 Å². The van der Waals surface area contributed by atoms with Crippen molar-refractivity contribution in [3.8, 4) is 22.8 Å². The molecule has 158 valence electrons. The molecular weight excluding hydrogens is 400 g/mol. The molecule has 0 amide bonds. The number of aryl methyl sites for hydroxylation is 1. The van der Waals surface area contributed by atoms with Crippen molar-refractivity contribution in [2.24, 2.45) is 14.1 Å². The Labute approximate surface area is 176 Å². The molecular formula is C22H20N4O5. The van der Waals surface area contributed by atoms with Gasteiger partial charge in [-0.2, -0.15) is 4.98 Å². The van der Waals surface area contributed by atoms with Crippen LogP contribution in [0.3, 0.4) is 0 Å². The van der Waals surface area contributed by atoms with E-state index in [-0.39, 0.29) is 16.7 Å². The fraction of sp³-hybridized carbons (Fsp3) is 0.182. The molecule has 4 aromatic rings. The van der Waals surface area contributed by atoms with Crippen molar-refractivity contribution >= 4 is 11.0 Å². The lowest BCUT2D eigenvalue weighted by atomic mass is 10.1. The molecule has 0 unspecified atom stereocenters. The molecule has 31 heavy (non-hydrogen) atoms.